The molecule has 0 aliphatic carbocycles. The van der Waals surface area contributed by atoms with Crippen molar-refractivity contribution in [2.75, 3.05) is 6.54 Å². The van der Waals surface area contributed by atoms with E-state index in [1.54, 1.807) is 18.3 Å². The number of rotatable bonds is 7. The number of imidazole rings is 1. The number of hydrogen-bond donors (Lipinski definition) is 1. The Morgan fingerprint density at radius 2 is 2.10 bits per heavy atom. The van der Waals surface area contributed by atoms with Gasteiger partial charge in [0, 0.05) is 31.9 Å². The number of hydrogen-bond acceptors (Lipinski definition) is 2. The first-order valence-electron chi connectivity index (χ1n) is 7.24. The minimum absolute atomic E-state index is 0.0300. The quantitative estimate of drug-likeness (QED) is 0.850. The molecule has 1 aromatic heterocycles. The molecule has 114 valence electrons. The third kappa shape index (κ3) is 4.11. The minimum Gasteiger partial charge on any atom is -0.338 e. The fourth-order valence-corrected chi connectivity index (χ4v) is 2.35. The molecule has 0 amide bonds. The van der Waals surface area contributed by atoms with Crippen LogP contribution in [0.2, 0.25) is 0 Å². The predicted molar refractivity (Wildman–Crippen MR) is 79.1 cm³/mol. The van der Waals surface area contributed by atoms with Crippen molar-refractivity contribution in [3.8, 4) is 0 Å². The van der Waals surface area contributed by atoms with E-state index in [1.807, 2.05) is 17.8 Å². The first-order chi connectivity index (χ1) is 10.1. The maximum Gasteiger partial charge on any atom is 0.162 e. The molecule has 21 heavy (non-hydrogen) atoms. The predicted octanol–water partition coefficient (Wildman–Crippen LogP) is 2.85. The van der Waals surface area contributed by atoms with Gasteiger partial charge in [-0.2, -0.15) is 0 Å². The van der Waals surface area contributed by atoms with Gasteiger partial charge in [0.2, 0.25) is 0 Å². The summed E-state index contributed by atoms with van der Waals surface area (Å²) in [6, 6.07) is 4.36. The normalized spacial score (nSPS) is 12.6. The second-order valence-electron chi connectivity index (χ2n) is 5.23. The first-order valence-corrected chi connectivity index (χ1v) is 7.24. The van der Waals surface area contributed by atoms with Gasteiger partial charge < -0.3 is 9.88 Å². The highest BCUT2D eigenvalue weighted by Crippen LogP contribution is 2.15. The van der Waals surface area contributed by atoms with Crippen LogP contribution in [0.15, 0.2) is 30.6 Å². The van der Waals surface area contributed by atoms with E-state index >= 15 is 0 Å². The summed E-state index contributed by atoms with van der Waals surface area (Å²) in [4.78, 5) is 4.30. The van der Waals surface area contributed by atoms with Crippen LogP contribution in [0.3, 0.4) is 0 Å². The van der Waals surface area contributed by atoms with Crippen LogP contribution in [0, 0.1) is 11.6 Å². The maximum absolute atomic E-state index is 13.8. The molecule has 1 aromatic carbocycles. The molecule has 0 aliphatic heterocycles. The van der Waals surface area contributed by atoms with Crippen LogP contribution >= 0.6 is 0 Å². The molecule has 1 heterocycles. The number of nitrogens with zero attached hydrogens (tertiary/aromatic N) is 2. The van der Waals surface area contributed by atoms with Gasteiger partial charge in [-0.05, 0) is 31.0 Å². The van der Waals surface area contributed by atoms with Gasteiger partial charge in [-0.25, -0.2) is 13.8 Å². The highest BCUT2D eigenvalue weighted by atomic mass is 19.2. The minimum atomic E-state index is -0.793. The molecule has 0 saturated heterocycles. The fourth-order valence-electron chi connectivity index (χ4n) is 2.35. The lowest BCUT2D eigenvalue weighted by atomic mass is 10.0. The number of aryl methyl sites for hydroxylation is 1. The fraction of sp³-hybridized carbons (Fsp3) is 0.438. The summed E-state index contributed by atoms with van der Waals surface area (Å²) in [6.07, 6.45) is 5.74. The lowest BCUT2D eigenvalue weighted by molar-refractivity contribution is 0.461. The zero-order chi connectivity index (χ0) is 15.2. The van der Waals surface area contributed by atoms with E-state index < -0.39 is 11.6 Å². The number of nitrogens with one attached hydrogen (secondary N) is 1. The SMILES string of the molecule is CCCNC(Cc1cccc(F)c1F)Cc1nccn1C. The average molecular weight is 293 g/mol. The number of benzene rings is 1. The van der Waals surface area contributed by atoms with Gasteiger partial charge in [-0.15, -0.1) is 0 Å². The molecule has 0 radical (unpaired) electrons. The second kappa shape index (κ2) is 7.31. The van der Waals surface area contributed by atoms with Crippen LogP contribution in [0.5, 0.6) is 0 Å². The second-order valence-corrected chi connectivity index (χ2v) is 5.23. The molecule has 0 bridgehead atoms. The van der Waals surface area contributed by atoms with Gasteiger partial charge in [-0.1, -0.05) is 19.1 Å². The molecule has 2 rings (SSSR count). The van der Waals surface area contributed by atoms with Crippen molar-refractivity contribution >= 4 is 0 Å². The van der Waals surface area contributed by atoms with Crippen molar-refractivity contribution in [3.63, 3.8) is 0 Å². The van der Waals surface area contributed by atoms with Crippen LogP contribution in [0.25, 0.3) is 0 Å². The van der Waals surface area contributed by atoms with E-state index in [0.717, 1.165) is 24.9 Å². The summed E-state index contributed by atoms with van der Waals surface area (Å²) < 4.78 is 29.1. The monoisotopic (exact) mass is 293 g/mol. The topological polar surface area (TPSA) is 29.9 Å². The van der Waals surface area contributed by atoms with E-state index in [1.165, 1.54) is 0 Å². The summed E-state index contributed by atoms with van der Waals surface area (Å²) in [6.45, 7) is 2.92. The Bertz CT molecular complexity index is 581. The molecule has 1 N–H and O–H groups in total. The summed E-state index contributed by atoms with van der Waals surface area (Å²) in [5, 5.41) is 3.39. The average Bonchev–Trinajstić information content (AvgIpc) is 2.86. The highest BCUT2D eigenvalue weighted by Gasteiger charge is 2.16. The van der Waals surface area contributed by atoms with Gasteiger partial charge in [0.1, 0.15) is 5.82 Å². The summed E-state index contributed by atoms with van der Waals surface area (Å²) in [5.41, 5.74) is 0.401. The maximum atomic E-state index is 13.8. The number of aromatic nitrogens is 2. The zero-order valence-electron chi connectivity index (χ0n) is 12.4. The molecule has 0 saturated carbocycles. The van der Waals surface area contributed by atoms with Gasteiger partial charge in [-0.3, -0.25) is 0 Å². The molecule has 1 unspecified atom stereocenters. The Balaban J connectivity index is 2.12. The molecule has 2 aromatic rings. The van der Waals surface area contributed by atoms with Crippen LogP contribution in [0.1, 0.15) is 24.7 Å². The van der Waals surface area contributed by atoms with Gasteiger partial charge in [0.05, 0.1) is 0 Å². The molecular formula is C16H21F2N3. The van der Waals surface area contributed by atoms with E-state index in [0.29, 0.717) is 18.4 Å². The van der Waals surface area contributed by atoms with Crippen molar-refractivity contribution in [3.05, 3.63) is 53.6 Å². The van der Waals surface area contributed by atoms with Gasteiger partial charge in [0.15, 0.2) is 11.6 Å². The lowest BCUT2D eigenvalue weighted by Crippen LogP contribution is -2.35. The Hall–Kier alpha value is -1.75. The largest absolute Gasteiger partial charge is 0.338 e. The van der Waals surface area contributed by atoms with E-state index in [4.69, 9.17) is 0 Å². The summed E-state index contributed by atoms with van der Waals surface area (Å²) >= 11 is 0. The standard InChI is InChI=1S/C16H21F2N3/c1-3-7-19-13(11-15-20-8-9-21(15)2)10-12-5-4-6-14(17)16(12)18/h4-6,8-9,13,19H,3,7,10-11H2,1-2H3. The van der Waals surface area contributed by atoms with Crippen LogP contribution in [0.4, 0.5) is 8.78 Å². The molecule has 5 heteroatoms. The molecule has 0 fully saturated rings. The lowest BCUT2D eigenvalue weighted by Gasteiger charge is -2.19. The summed E-state index contributed by atoms with van der Waals surface area (Å²) in [7, 11) is 1.93. The third-order valence-corrected chi connectivity index (χ3v) is 3.53. The van der Waals surface area contributed by atoms with Crippen LogP contribution in [-0.4, -0.2) is 22.1 Å². The van der Waals surface area contributed by atoms with E-state index in [9.17, 15) is 8.78 Å². The Morgan fingerprint density at radius 1 is 1.29 bits per heavy atom. The third-order valence-electron chi connectivity index (χ3n) is 3.53. The number of halogens is 2. The van der Waals surface area contributed by atoms with Crippen molar-refractivity contribution < 1.29 is 8.78 Å². The van der Waals surface area contributed by atoms with Crippen LogP contribution in [-0.2, 0) is 19.9 Å². The van der Waals surface area contributed by atoms with Crippen molar-refractivity contribution in [2.24, 2.45) is 7.05 Å². The molecule has 0 aliphatic rings. The zero-order valence-corrected chi connectivity index (χ0v) is 12.4. The van der Waals surface area contributed by atoms with Crippen molar-refractivity contribution in [1.82, 2.24) is 14.9 Å². The van der Waals surface area contributed by atoms with Crippen molar-refractivity contribution in [1.29, 1.82) is 0 Å². The Labute approximate surface area is 124 Å². The molecule has 0 spiro atoms. The first kappa shape index (κ1) is 15.6. The van der Waals surface area contributed by atoms with Gasteiger partial charge >= 0.3 is 0 Å². The van der Waals surface area contributed by atoms with E-state index in [-0.39, 0.29) is 6.04 Å². The van der Waals surface area contributed by atoms with E-state index in [2.05, 4.69) is 17.2 Å². The molecule has 3 nitrogen and oxygen atoms in total. The highest BCUT2D eigenvalue weighted by molar-refractivity contribution is 5.20. The molecular weight excluding hydrogens is 272 g/mol. The summed E-state index contributed by atoms with van der Waals surface area (Å²) in [5.74, 6) is -0.611. The van der Waals surface area contributed by atoms with Crippen molar-refractivity contribution in [2.45, 2.75) is 32.2 Å². The molecule has 1 atom stereocenters. The van der Waals surface area contributed by atoms with Crippen LogP contribution < -0.4 is 5.32 Å². The Morgan fingerprint density at radius 3 is 2.76 bits per heavy atom. The Kier molecular flexibility index (Phi) is 5.44. The smallest absolute Gasteiger partial charge is 0.162 e. The van der Waals surface area contributed by atoms with Gasteiger partial charge in [0.25, 0.3) is 0 Å².